The van der Waals surface area contributed by atoms with Gasteiger partial charge in [0.2, 0.25) is 0 Å². The average molecular weight is 397 g/mol. The molecule has 0 aliphatic carbocycles. The zero-order chi connectivity index (χ0) is 19.5. The van der Waals surface area contributed by atoms with E-state index >= 15 is 0 Å². The molecular formula is C22H21ClN2O3. The predicted molar refractivity (Wildman–Crippen MR) is 109 cm³/mol. The van der Waals surface area contributed by atoms with Gasteiger partial charge in [0.15, 0.2) is 6.61 Å². The Balaban J connectivity index is 1.35. The summed E-state index contributed by atoms with van der Waals surface area (Å²) in [6.45, 7) is 1.39. The van der Waals surface area contributed by atoms with Crippen molar-refractivity contribution in [2.24, 2.45) is 0 Å². The van der Waals surface area contributed by atoms with Gasteiger partial charge in [0.05, 0.1) is 5.02 Å². The molecule has 4 rings (SSSR count). The third kappa shape index (κ3) is 3.90. The van der Waals surface area contributed by atoms with Crippen LogP contribution in [0.2, 0.25) is 5.02 Å². The minimum absolute atomic E-state index is 0.0167. The van der Waals surface area contributed by atoms with Crippen LogP contribution < -0.4 is 4.74 Å². The number of phenolic OH excluding ortho intramolecular Hbond substituents is 1. The van der Waals surface area contributed by atoms with Gasteiger partial charge in [-0.1, -0.05) is 23.7 Å². The van der Waals surface area contributed by atoms with E-state index in [1.165, 1.54) is 5.56 Å². The quantitative estimate of drug-likeness (QED) is 0.710. The van der Waals surface area contributed by atoms with Gasteiger partial charge in [0.25, 0.3) is 5.91 Å². The van der Waals surface area contributed by atoms with Crippen molar-refractivity contribution in [1.29, 1.82) is 0 Å². The number of likely N-dealkylation sites (tertiary alicyclic amines) is 1. The number of piperidine rings is 1. The highest BCUT2D eigenvalue weighted by Crippen LogP contribution is 2.31. The second kappa shape index (κ2) is 8.07. The number of carbonyl (C=O) groups excluding carboxylic acids is 1. The molecule has 1 amide bonds. The van der Waals surface area contributed by atoms with Gasteiger partial charge in [0, 0.05) is 24.7 Å². The van der Waals surface area contributed by atoms with Gasteiger partial charge in [0.1, 0.15) is 17.0 Å². The predicted octanol–water partition coefficient (Wildman–Crippen LogP) is 4.38. The van der Waals surface area contributed by atoms with E-state index in [0.29, 0.717) is 35.3 Å². The summed E-state index contributed by atoms with van der Waals surface area (Å²) in [6.07, 6.45) is 3.49. The first-order valence-corrected chi connectivity index (χ1v) is 9.72. The van der Waals surface area contributed by atoms with E-state index in [9.17, 15) is 9.90 Å². The van der Waals surface area contributed by atoms with Crippen LogP contribution in [0, 0.1) is 0 Å². The van der Waals surface area contributed by atoms with Gasteiger partial charge >= 0.3 is 0 Å². The summed E-state index contributed by atoms with van der Waals surface area (Å²) < 4.78 is 5.77. The first-order valence-electron chi connectivity index (χ1n) is 9.34. The summed E-state index contributed by atoms with van der Waals surface area (Å²) in [5.41, 5.74) is 1.87. The molecule has 2 heterocycles. The SMILES string of the molecule is O=C(COc1ccc(Cl)c2cccnc12)N1CCC(c2ccc(O)cc2)CC1. The van der Waals surface area contributed by atoms with Crippen LogP contribution in [-0.2, 0) is 4.79 Å². The molecule has 5 nitrogen and oxygen atoms in total. The fourth-order valence-corrected chi connectivity index (χ4v) is 3.88. The van der Waals surface area contributed by atoms with Gasteiger partial charge in [-0.05, 0) is 60.7 Å². The number of hydrogen-bond acceptors (Lipinski definition) is 4. The molecule has 0 saturated carbocycles. The molecule has 1 fully saturated rings. The molecule has 0 atom stereocenters. The maximum atomic E-state index is 12.6. The van der Waals surface area contributed by atoms with Crippen molar-refractivity contribution in [3.8, 4) is 11.5 Å². The Morgan fingerprint density at radius 1 is 1.14 bits per heavy atom. The minimum Gasteiger partial charge on any atom is -0.508 e. The van der Waals surface area contributed by atoms with Crippen molar-refractivity contribution in [2.75, 3.05) is 19.7 Å². The summed E-state index contributed by atoms with van der Waals surface area (Å²) in [5, 5.41) is 10.8. The van der Waals surface area contributed by atoms with Crippen LogP contribution >= 0.6 is 11.6 Å². The zero-order valence-electron chi connectivity index (χ0n) is 15.3. The highest BCUT2D eigenvalue weighted by Gasteiger charge is 2.24. The van der Waals surface area contributed by atoms with Gasteiger partial charge in [-0.3, -0.25) is 9.78 Å². The molecule has 0 spiro atoms. The lowest BCUT2D eigenvalue weighted by Crippen LogP contribution is -2.40. The summed E-state index contributed by atoms with van der Waals surface area (Å²) >= 11 is 6.20. The third-order valence-corrected chi connectivity index (χ3v) is 5.57. The fraction of sp³-hybridized carbons (Fsp3) is 0.273. The average Bonchev–Trinajstić information content (AvgIpc) is 2.74. The van der Waals surface area contributed by atoms with Crippen molar-refractivity contribution in [2.45, 2.75) is 18.8 Å². The molecule has 0 bridgehead atoms. The molecule has 1 aliphatic heterocycles. The van der Waals surface area contributed by atoms with Gasteiger partial charge in [-0.25, -0.2) is 0 Å². The number of fused-ring (bicyclic) bond motifs is 1. The van der Waals surface area contributed by atoms with Crippen molar-refractivity contribution in [1.82, 2.24) is 9.88 Å². The number of carbonyl (C=O) groups is 1. The highest BCUT2D eigenvalue weighted by atomic mass is 35.5. The molecule has 1 aromatic heterocycles. The first-order chi connectivity index (χ1) is 13.6. The van der Waals surface area contributed by atoms with Crippen LogP contribution in [-0.4, -0.2) is 40.6 Å². The number of nitrogens with zero attached hydrogens (tertiary/aromatic N) is 2. The maximum absolute atomic E-state index is 12.6. The van der Waals surface area contributed by atoms with Crippen LogP contribution in [0.15, 0.2) is 54.7 Å². The Kier molecular flexibility index (Phi) is 5.35. The minimum atomic E-state index is -0.0248. The number of aromatic hydroxyl groups is 1. The molecule has 3 aromatic rings. The molecular weight excluding hydrogens is 376 g/mol. The number of ether oxygens (including phenoxy) is 1. The number of aromatic nitrogens is 1. The van der Waals surface area contributed by atoms with Crippen molar-refractivity contribution in [3.05, 3.63) is 65.3 Å². The monoisotopic (exact) mass is 396 g/mol. The number of hydrogen-bond donors (Lipinski definition) is 1. The second-order valence-electron chi connectivity index (χ2n) is 6.98. The highest BCUT2D eigenvalue weighted by molar-refractivity contribution is 6.35. The molecule has 0 radical (unpaired) electrons. The number of benzene rings is 2. The van der Waals surface area contributed by atoms with E-state index in [0.717, 1.165) is 18.2 Å². The summed E-state index contributed by atoms with van der Waals surface area (Å²) in [4.78, 5) is 18.8. The number of phenols is 1. The Hall–Kier alpha value is -2.79. The van der Waals surface area contributed by atoms with Crippen LogP contribution in [0.5, 0.6) is 11.5 Å². The lowest BCUT2D eigenvalue weighted by atomic mass is 9.89. The Morgan fingerprint density at radius 2 is 1.89 bits per heavy atom. The standard InChI is InChI=1S/C22H21ClN2O3/c23-19-7-8-20(22-18(19)2-1-11-24-22)28-14-21(27)25-12-9-16(10-13-25)15-3-5-17(26)6-4-15/h1-8,11,16,26H,9-10,12-14H2. The van der Waals surface area contributed by atoms with Crippen LogP contribution in [0.3, 0.4) is 0 Å². The molecule has 1 aliphatic rings. The number of halogens is 1. The van der Waals surface area contributed by atoms with E-state index in [2.05, 4.69) is 4.98 Å². The first kappa shape index (κ1) is 18.6. The van der Waals surface area contributed by atoms with E-state index in [1.807, 2.05) is 29.2 Å². The molecule has 1 N–H and O–H groups in total. The summed E-state index contributed by atoms with van der Waals surface area (Å²) in [6, 6.07) is 14.6. The maximum Gasteiger partial charge on any atom is 0.260 e. The van der Waals surface area contributed by atoms with E-state index in [-0.39, 0.29) is 18.3 Å². The molecule has 6 heteroatoms. The molecule has 0 unspecified atom stereocenters. The second-order valence-corrected chi connectivity index (χ2v) is 7.39. The molecule has 144 valence electrons. The Morgan fingerprint density at radius 3 is 2.64 bits per heavy atom. The fourth-order valence-electron chi connectivity index (χ4n) is 3.67. The van der Waals surface area contributed by atoms with Crippen LogP contribution in [0.1, 0.15) is 24.3 Å². The topological polar surface area (TPSA) is 62.7 Å². The third-order valence-electron chi connectivity index (χ3n) is 5.24. The van der Waals surface area contributed by atoms with Crippen molar-refractivity contribution < 1.29 is 14.6 Å². The van der Waals surface area contributed by atoms with E-state index in [4.69, 9.17) is 16.3 Å². The number of pyridine rings is 1. The lowest BCUT2D eigenvalue weighted by Gasteiger charge is -2.32. The van der Waals surface area contributed by atoms with Crippen molar-refractivity contribution in [3.63, 3.8) is 0 Å². The summed E-state index contributed by atoms with van der Waals surface area (Å²) in [7, 11) is 0. The number of amides is 1. The largest absolute Gasteiger partial charge is 0.508 e. The van der Waals surface area contributed by atoms with E-state index in [1.54, 1.807) is 30.5 Å². The van der Waals surface area contributed by atoms with Gasteiger partial charge in [-0.15, -0.1) is 0 Å². The summed E-state index contributed by atoms with van der Waals surface area (Å²) in [5.74, 6) is 1.23. The van der Waals surface area contributed by atoms with Gasteiger partial charge in [-0.2, -0.15) is 0 Å². The smallest absolute Gasteiger partial charge is 0.260 e. The van der Waals surface area contributed by atoms with Crippen molar-refractivity contribution >= 4 is 28.4 Å². The normalized spacial score (nSPS) is 15.0. The molecule has 28 heavy (non-hydrogen) atoms. The molecule has 2 aromatic carbocycles. The Labute approximate surface area is 168 Å². The van der Waals surface area contributed by atoms with E-state index < -0.39 is 0 Å². The van der Waals surface area contributed by atoms with Crippen LogP contribution in [0.25, 0.3) is 10.9 Å². The molecule has 1 saturated heterocycles. The van der Waals surface area contributed by atoms with Gasteiger partial charge < -0.3 is 14.7 Å². The number of rotatable bonds is 4. The lowest BCUT2D eigenvalue weighted by molar-refractivity contribution is -0.134. The van der Waals surface area contributed by atoms with Crippen LogP contribution in [0.4, 0.5) is 0 Å². The zero-order valence-corrected chi connectivity index (χ0v) is 16.1. The Bertz CT molecular complexity index is 983.